The number of anilines is 1. The molecule has 1 amide bonds. The van der Waals surface area contributed by atoms with Gasteiger partial charge in [0, 0.05) is 5.92 Å². The number of nitrogens with one attached hydrogen (secondary N) is 1. The van der Waals surface area contributed by atoms with Crippen LogP contribution < -0.4 is 5.32 Å². The van der Waals surface area contributed by atoms with E-state index < -0.39 is 17.9 Å². The van der Waals surface area contributed by atoms with Crippen LogP contribution in [0.25, 0.3) is 11.1 Å². The highest BCUT2D eigenvalue weighted by atomic mass is 19.1. The quantitative estimate of drug-likeness (QED) is 0.592. The number of carboxylic acids is 1. The first-order valence-electron chi connectivity index (χ1n) is 9.67. The number of carbonyl (C=O) groups is 2. The van der Waals surface area contributed by atoms with Crippen LogP contribution in [0.4, 0.5) is 14.9 Å². The van der Waals surface area contributed by atoms with Crippen LogP contribution in [0.5, 0.6) is 0 Å². The molecule has 30 heavy (non-hydrogen) atoms. The van der Waals surface area contributed by atoms with Crippen LogP contribution in [0, 0.1) is 5.82 Å². The predicted molar refractivity (Wildman–Crippen MR) is 111 cm³/mol. The number of carbonyl (C=O) groups excluding carboxylic acids is 1. The average Bonchev–Trinajstić information content (AvgIpc) is 3.07. The molecule has 0 aliphatic heterocycles. The lowest BCUT2D eigenvalue weighted by atomic mass is 9.98. The third-order valence-corrected chi connectivity index (χ3v) is 5.38. The fraction of sp³-hybridized carbons (Fsp3) is 0.167. The maximum Gasteiger partial charge on any atom is 0.411 e. The molecule has 0 radical (unpaired) electrons. The average molecular weight is 405 g/mol. The molecule has 0 bridgehead atoms. The summed E-state index contributed by atoms with van der Waals surface area (Å²) in [7, 11) is 0. The highest BCUT2D eigenvalue weighted by molar-refractivity contribution is 5.99. The zero-order chi connectivity index (χ0) is 21.3. The Kier molecular flexibility index (Phi) is 5.23. The lowest BCUT2D eigenvalue weighted by Gasteiger charge is -2.15. The van der Waals surface area contributed by atoms with Crippen LogP contribution in [0.1, 0.15) is 39.9 Å². The van der Waals surface area contributed by atoms with E-state index in [4.69, 9.17) is 4.74 Å². The molecule has 0 heterocycles. The SMILES string of the molecule is CCc1cc(NC(=O)OCC2c3ccccc3-c3ccccc32)c(C(=O)O)cc1F. The van der Waals surface area contributed by atoms with Crippen LogP contribution in [0.3, 0.4) is 0 Å². The van der Waals surface area contributed by atoms with E-state index in [1.165, 1.54) is 6.07 Å². The Labute approximate surface area is 173 Å². The van der Waals surface area contributed by atoms with Crippen LogP contribution in [0.15, 0.2) is 60.7 Å². The molecule has 0 saturated carbocycles. The van der Waals surface area contributed by atoms with Crippen molar-refractivity contribution in [3.63, 3.8) is 0 Å². The monoisotopic (exact) mass is 405 g/mol. The van der Waals surface area contributed by atoms with E-state index in [9.17, 15) is 19.1 Å². The molecule has 1 aliphatic carbocycles. The number of fused-ring (bicyclic) bond motifs is 3. The molecule has 0 atom stereocenters. The Morgan fingerprint density at radius 2 is 1.63 bits per heavy atom. The van der Waals surface area contributed by atoms with Crippen molar-refractivity contribution in [2.24, 2.45) is 0 Å². The lowest BCUT2D eigenvalue weighted by Crippen LogP contribution is -2.19. The van der Waals surface area contributed by atoms with Gasteiger partial charge >= 0.3 is 12.1 Å². The van der Waals surface area contributed by atoms with E-state index in [1.807, 2.05) is 48.5 Å². The van der Waals surface area contributed by atoms with Gasteiger partial charge in [-0.05, 0) is 46.4 Å². The summed E-state index contributed by atoms with van der Waals surface area (Å²) in [6.45, 7) is 1.85. The van der Waals surface area contributed by atoms with Crippen molar-refractivity contribution < 1.29 is 23.8 Å². The minimum Gasteiger partial charge on any atom is -0.478 e. The Hall–Kier alpha value is -3.67. The van der Waals surface area contributed by atoms with Gasteiger partial charge in [-0.15, -0.1) is 0 Å². The normalized spacial score (nSPS) is 12.2. The summed E-state index contributed by atoms with van der Waals surface area (Å²) >= 11 is 0. The van der Waals surface area contributed by atoms with Crippen molar-refractivity contribution in [3.8, 4) is 11.1 Å². The first-order valence-corrected chi connectivity index (χ1v) is 9.67. The summed E-state index contributed by atoms with van der Waals surface area (Å²) in [5, 5.41) is 11.8. The van der Waals surface area contributed by atoms with E-state index in [0.717, 1.165) is 28.3 Å². The Bertz CT molecular complexity index is 1100. The van der Waals surface area contributed by atoms with E-state index in [0.29, 0.717) is 12.0 Å². The number of aromatic carboxylic acids is 1. The number of hydrogen-bond donors (Lipinski definition) is 2. The number of benzene rings is 3. The zero-order valence-electron chi connectivity index (χ0n) is 16.3. The molecular formula is C24H20FNO4. The second-order valence-corrected chi connectivity index (χ2v) is 7.10. The van der Waals surface area contributed by atoms with Crippen molar-refractivity contribution in [2.45, 2.75) is 19.3 Å². The molecule has 6 heteroatoms. The van der Waals surface area contributed by atoms with Gasteiger partial charge in [0.15, 0.2) is 0 Å². The number of ether oxygens (including phenoxy) is 1. The van der Waals surface area contributed by atoms with Crippen LogP contribution in [0.2, 0.25) is 0 Å². The molecule has 3 aromatic rings. The van der Waals surface area contributed by atoms with E-state index in [2.05, 4.69) is 5.32 Å². The highest BCUT2D eigenvalue weighted by Crippen LogP contribution is 2.44. The number of rotatable bonds is 5. The topological polar surface area (TPSA) is 75.6 Å². The van der Waals surface area contributed by atoms with Gasteiger partial charge in [0.1, 0.15) is 12.4 Å². The Morgan fingerprint density at radius 1 is 1.03 bits per heavy atom. The number of halogens is 1. The predicted octanol–water partition coefficient (Wildman–Crippen LogP) is 5.45. The molecule has 0 saturated heterocycles. The molecular weight excluding hydrogens is 385 g/mol. The summed E-state index contributed by atoms with van der Waals surface area (Å²) in [6.07, 6.45) is -0.418. The van der Waals surface area contributed by atoms with Gasteiger partial charge in [-0.3, -0.25) is 5.32 Å². The number of amides is 1. The van der Waals surface area contributed by atoms with Gasteiger partial charge < -0.3 is 9.84 Å². The second-order valence-electron chi connectivity index (χ2n) is 7.10. The van der Waals surface area contributed by atoms with Crippen LogP contribution >= 0.6 is 0 Å². The van der Waals surface area contributed by atoms with Crippen LogP contribution in [-0.4, -0.2) is 23.8 Å². The van der Waals surface area contributed by atoms with Crippen molar-refractivity contribution >= 4 is 17.7 Å². The lowest BCUT2D eigenvalue weighted by molar-refractivity contribution is 0.0697. The van der Waals surface area contributed by atoms with Crippen molar-refractivity contribution in [3.05, 3.63) is 88.7 Å². The van der Waals surface area contributed by atoms with Gasteiger partial charge in [-0.25, -0.2) is 14.0 Å². The third-order valence-electron chi connectivity index (χ3n) is 5.38. The molecule has 2 N–H and O–H groups in total. The Morgan fingerprint density at radius 3 is 2.20 bits per heavy atom. The molecule has 0 fully saturated rings. The van der Waals surface area contributed by atoms with Gasteiger partial charge in [0.25, 0.3) is 0 Å². The van der Waals surface area contributed by atoms with Crippen molar-refractivity contribution in [1.29, 1.82) is 0 Å². The minimum absolute atomic E-state index is 0.0120. The minimum atomic E-state index is -1.33. The number of aryl methyl sites for hydroxylation is 1. The van der Waals surface area contributed by atoms with E-state index >= 15 is 0 Å². The van der Waals surface area contributed by atoms with Crippen molar-refractivity contribution in [1.82, 2.24) is 0 Å². The maximum atomic E-state index is 14.0. The molecule has 0 unspecified atom stereocenters. The summed E-state index contributed by atoms with van der Waals surface area (Å²) < 4.78 is 19.4. The molecule has 0 spiro atoms. The summed E-state index contributed by atoms with van der Waals surface area (Å²) in [6, 6.07) is 18.2. The number of carboxylic acid groups (broad SMARTS) is 1. The van der Waals surface area contributed by atoms with E-state index in [-0.39, 0.29) is 23.8 Å². The summed E-state index contributed by atoms with van der Waals surface area (Å²) in [4.78, 5) is 23.9. The molecule has 0 aromatic heterocycles. The van der Waals surface area contributed by atoms with Crippen molar-refractivity contribution in [2.75, 3.05) is 11.9 Å². The standard InChI is InChI=1S/C24H20FNO4/c1-2-14-11-22(19(23(27)28)12-21(14)25)26-24(29)30-13-20-17-9-5-3-7-15(17)16-8-4-6-10-18(16)20/h3-12,20H,2,13H2,1H3,(H,26,29)(H,27,28). The molecule has 5 nitrogen and oxygen atoms in total. The largest absolute Gasteiger partial charge is 0.478 e. The number of hydrogen-bond acceptors (Lipinski definition) is 3. The maximum absolute atomic E-state index is 14.0. The zero-order valence-corrected chi connectivity index (χ0v) is 16.3. The van der Waals surface area contributed by atoms with Gasteiger partial charge in [0.05, 0.1) is 11.3 Å². The van der Waals surface area contributed by atoms with E-state index in [1.54, 1.807) is 6.92 Å². The summed E-state index contributed by atoms with van der Waals surface area (Å²) in [5.41, 5.74) is 4.38. The van der Waals surface area contributed by atoms with Gasteiger partial charge in [-0.2, -0.15) is 0 Å². The van der Waals surface area contributed by atoms with Crippen LogP contribution in [-0.2, 0) is 11.2 Å². The van der Waals surface area contributed by atoms with Gasteiger partial charge in [-0.1, -0.05) is 55.5 Å². The second kappa shape index (κ2) is 7.99. The highest BCUT2D eigenvalue weighted by Gasteiger charge is 2.29. The first-order chi connectivity index (χ1) is 14.5. The molecule has 152 valence electrons. The fourth-order valence-corrected chi connectivity index (χ4v) is 3.91. The fourth-order valence-electron chi connectivity index (χ4n) is 3.91. The van der Waals surface area contributed by atoms with Gasteiger partial charge in [0.2, 0.25) is 0 Å². The molecule has 4 rings (SSSR count). The molecule has 1 aliphatic rings. The third kappa shape index (κ3) is 3.52. The smallest absolute Gasteiger partial charge is 0.411 e. The summed E-state index contributed by atoms with van der Waals surface area (Å²) in [5.74, 6) is -2.06. The Balaban J connectivity index is 1.53. The first kappa shape index (κ1) is 19.6. The molecule has 3 aromatic carbocycles.